The maximum absolute atomic E-state index is 13.3. The Morgan fingerprint density at radius 1 is 1.19 bits per heavy atom. The highest BCUT2D eigenvalue weighted by molar-refractivity contribution is 9.10. The van der Waals surface area contributed by atoms with Gasteiger partial charge in [0.15, 0.2) is 0 Å². The van der Waals surface area contributed by atoms with E-state index in [-0.39, 0.29) is 18.1 Å². The van der Waals surface area contributed by atoms with E-state index in [0.29, 0.717) is 0 Å². The molecular weight excluding hydrogens is 337 g/mol. The summed E-state index contributed by atoms with van der Waals surface area (Å²) in [6, 6.07) is 13.6. The van der Waals surface area contributed by atoms with Crippen molar-refractivity contribution in [2.45, 2.75) is 0 Å². The topological polar surface area (TPSA) is 53.5 Å². The SMILES string of the molecule is O=C(CNc1ccccc1F)NN=Cc1ccc(Br)cc1. The molecule has 0 fully saturated rings. The number of nitrogens with zero attached hydrogens (tertiary/aromatic N) is 1. The second-order valence-electron chi connectivity index (χ2n) is 4.18. The third-order valence-corrected chi connectivity index (χ3v) is 3.11. The quantitative estimate of drug-likeness (QED) is 0.643. The van der Waals surface area contributed by atoms with Crippen LogP contribution in [-0.4, -0.2) is 18.7 Å². The van der Waals surface area contributed by atoms with Gasteiger partial charge in [-0.3, -0.25) is 4.79 Å². The lowest BCUT2D eigenvalue weighted by Crippen LogP contribution is -2.26. The van der Waals surface area contributed by atoms with Gasteiger partial charge < -0.3 is 5.32 Å². The Balaban J connectivity index is 1.80. The molecule has 0 aliphatic rings. The van der Waals surface area contributed by atoms with Gasteiger partial charge in [-0.05, 0) is 29.8 Å². The number of carbonyl (C=O) groups is 1. The van der Waals surface area contributed by atoms with Crippen molar-refractivity contribution in [3.8, 4) is 0 Å². The molecule has 21 heavy (non-hydrogen) atoms. The van der Waals surface area contributed by atoms with Crippen molar-refractivity contribution in [2.75, 3.05) is 11.9 Å². The molecule has 0 aliphatic carbocycles. The summed E-state index contributed by atoms with van der Waals surface area (Å²) in [5.41, 5.74) is 3.51. The van der Waals surface area contributed by atoms with E-state index >= 15 is 0 Å². The van der Waals surface area contributed by atoms with Crippen molar-refractivity contribution < 1.29 is 9.18 Å². The van der Waals surface area contributed by atoms with Crippen molar-refractivity contribution in [3.05, 3.63) is 64.4 Å². The van der Waals surface area contributed by atoms with Crippen LogP contribution in [-0.2, 0) is 4.79 Å². The minimum absolute atomic E-state index is 0.0569. The first-order chi connectivity index (χ1) is 10.1. The molecule has 0 spiro atoms. The van der Waals surface area contributed by atoms with Gasteiger partial charge in [0.2, 0.25) is 0 Å². The fourth-order valence-corrected chi connectivity index (χ4v) is 1.81. The molecule has 4 nitrogen and oxygen atoms in total. The first kappa shape index (κ1) is 15.2. The molecule has 0 unspecified atom stereocenters. The van der Waals surface area contributed by atoms with Crippen molar-refractivity contribution in [1.29, 1.82) is 0 Å². The van der Waals surface area contributed by atoms with E-state index in [4.69, 9.17) is 0 Å². The number of hydrogen-bond acceptors (Lipinski definition) is 3. The van der Waals surface area contributed by atoms with Gasteiger partial charge in [0.1, 0.15) is 5.82 Å². The van der Waals surface area contributed by atoms with Gasteiger partial charge in [-0.1, -0.05) is 40.2 Å². The van der Waals surface area contributed by atoms with Crippen molar-refractivity contribution >= 4 is 33.7 Å². The molecule has 2 aromatic rings. The minimum atomic E-state index is -0.399. The number of halogens is 2. The Morgan fingerprint density at radius 2 is 1.90 bits per heavy atom. The molecule has 0 atom stereocenters. The summed E-state index contributed by atoms with van der Waals surface area (Å²) >= 11 is 3.33. The maximum Gasteiger partial charge on any atom is 0.259 e. The van der Waals surface area contributed by atoms with E-state index in [1.54, 1.807) is 18.2 Å². The van der Waals surface area contributed by atoms with E-state index in [0.717, 1.165) is 10.0 Å². The van der Waals surface area contributed by atoms with Crippen molar-refractivity contribution in [2.24, 2.45) is 5.10 Å². The molecule has 2 aromatic carbocycles. The van der Waals surface area contributed by atoms with E-state index < -0.39 is 5.82 Å². The molecule has 0 heterocycles. The summed E-state index contributed by atoms with van der Waals surface area (Å²) < 4.78 is 14.3. The lowest BCUT2D eigenvalue weighted by atomic mass is 10.2. The fraction of sp³-hybridized carbons (Fsp3) is 0.0667. The third-order valence-electron chi connectivity index (χ3n) is 2.59. The molecule has 108 valence electrons. The fourth-order valence-electron chi connectivity index (χ4n) is 1.55. The normalized spacial score (nSPS) is 10.6. The molecule has 0 saturated heterocycles. The van der Waals surface area contributed by atoms with E-state index in [2.05, 4.69) is 31.8 Å². The molecular formula is C15H13BrFN3O. The number of amides is 1. The Hall–Kier alpha value is -2.21. The smallest absolute Gasteiger partial charge is 0.259 e. The van der Waals surface area contributed by atoms with Gasteiger partial charge >= 0.3 is 0 Å². The third kappa shape index (κ3) is 5.00. The number of nitrogens with one attached hydrogen (secondary N) is 2. The molecule has 0 saturated carbocycles. The number of hydrazone groups is 1. The van der Waals surface area contributed by atoms with Gasteiger partial charge in [-0.2, -0.15) is 5.10 Å². The van der Waals surface area contributed by atoms with Gasteiger partial charge in [0.25, 0.3) is 5.91 Å². The average Bonchev–Trinajstić information content (AvgIpc) is 2.48. The lowest BCUT2D eigenvalue weighted by Gasteiger charge is -2.05. The number of rotatable bonds is 5. The minimum Gasteiger partial charge on any atom is -0.374 e. The number of carbonyl (C=O) groups excluding carboxylic acids is 1. The van der Waals surface area contributed by atoms with Crippen LogP contribution in [0.2, 0.25) is 0 Å². The summed E-state index contributed by atoms with van der Waals surface area (Å²) in [5, 5.41) is 6.53. The summed E-state index contributed by atoms with van der Waals surface area (Å²) in [5.74, 6) is -0.754. The standard InChI is InChI=1S/C15H13BrFN3O/c16-12-7-5-11(6-8-12)9-19-20-15(21)10-18-14-4-2-1-3-13(14)17/h1-9,18H,10H2,(H,20,21). The molecule has 0 radical (unpaired) electrons. The maximum atomic E-state index is 13.3. The van der Waals surface area contributed by atoms with Crippen LogP contribution in [0, 0.1) is 5.82 Å². The first-order valence-corrected chi connectivity index (χ1v) is 7.00. The highest BCUT2D eigenvalue weighted by Crippen LogP contribution is 2.11. The molecule has 1 amide bonds. The number of benzene rings is 2. The van der Waals surface area contributed by atoms with Gasteiger partial charge in [0, 0.05) is 4.47 Å². The van der Waals surface area contributed by atoms with Crippen LogP contribution in [0.1, 0.15) is 5.56 Å². The molecule has 6 heteroatoms. The zero-order chi connectivity index (χ0) is 15.1. The van der Waals surface area contributed by atoms with Crippen molar-refractivity contribution in [1.82, 2.24) is 5.43 Å². The first-order valence-electron chi connectivity index (χ1n) is 6.21. The van der Waals surface area contributed by atoms with Crippen LogP contribution in [0.4, 0.5) is 10.1 Å². The van der Waals surface area contributed by atoms with Crippen LogP contribution in [0.5, 0.6) is 0 Å². The van der Waals surface area contributed by atoms with Crippen LogP contribution in [0.3, 0.4) is 0 Å². The molecule has 0 aliphatic heterocycles. The zero-order valence-electron chi connectivity index (χ0n) is 11.0. The summed E-state index contributed by atoms with van der Waals surface area (Å²) in [7, 11) is 0. The van der Waals surface area contributed by atoms with Gasteiger partial charge in [0.05, 0.1) is 18.4 Å². The Morgan fingerprint density at radius 3 is 2.62 bits per heavy atom. The predicted molar refractivity (Wildman–Crippen MR) is 84.8 cm³/mol. The Labute approximate surface area is 130 Å². The van der Waals surface area contributed by atoms with E-state index in [1.807, 2.05) is 24.3 Å². The van der Waals surface area contributed by atoms with Crippen LogP contribution >= 0.6 is 15.9 Å². The van der Waals surface area contributed by atoms with E-state index in [1.165, 1.54) is 12.3 Å². The summed E-state index contributed by atoms with van der Waals surface area (Å²) in [6.07, 6.45) is 1.54. The highest BCUT2D eigenvalue weighted by Gasteiger charge is 2.02. The number of para-hydroxylation sites is 1. The number of anilines is 1. The van der Waals surface area contributed by atoms with Crippen LogP contribution < -0.4 is 10.7 Å². The van der Waals surface area contributed by atoms with Crippen LogP contribution in [0.25, 0.3) is 0 Å². The predicted octanol–water partition coefficient (Wildman–Crippen LogP) is 3.15. The second kappa shape index (κ2) is 7.54. The monoisotopic (exact) mass is 349 g/mol. The zero-order valence-corrected chi connectivity index (χ0v) is 12.6. The van der Waals surface area contributed by atoms with Gasteiger partial charge in [-0.15, -0.1) is 0 Å². The van der Waals surface area contributed by atoms with Crippen molar-refractivity contribution in [3.63, 3.8) is 0 Å². The van der Waals surface area contributed by atoms with Gasteiger partial charge in [-0.25, -0.2) is 9.82 Å². The summed E-state index contributed by atoms with van der Waals surface area (Å²) in [6.45, 7) is -0.0569. The largest absolute Gasteiger partial charge is 0.374 e. The molecule has 2 N–H and O–H groups in total. The lowest BCUT2D eigenvalue weighted by molar-refractivity contribution is -0.119. The Kier molecular flexibility index (Phi) is 5.45. The molecule has 0 aromatic heterocycles. The van der Waals surface area contributed by atoms with E-state index in [9.17, 15) is 9.18 Å². The Bertz CT molecular complexity index is 644. The summed E-state index contributed by atoms with van der Waals surface area (Å²) in [4.78, 5) is 11.6. The average molecular weight is 350 g/mol. The second-order valence-corrected chi connectivity index (χ2v) is 5.09. The molecule has 2 rings (SSSR count). The van der Waals surface area contributed by atoms with Crippen LogP contribution in [0.15, 0.2) is 58.1 Å². The number of hydrogen-bond donors (Lipinski definition) is 2. The molecule has 0 bridgehead atoms. The highest BCUT2D eigenvalue weighted by atomic mass is 79.9.